The Kier molecular flexibility index (Phi) is 9.68. The highest BCUT2D eigenvalue weighted by atomic mass is 35.5. The van der Waals surface area contributed by atoms with Crippen molar-refractivity contribution in [3.63, 3.8) is 0 Å². The highest BCUT2D eigenvalue weighted by Gasteiger charge is 2.34. The normalized spacial score (nSPS) is 15.0. The zero-order chi connectivity index (χ0) is 31.1. The van der Waals surface area contributed by atoms with E-state index < -0.39 is 0 Å². The van der Waals surface area contributed by atoms with E-state index in [1.54, 1.807) is 48.5 Å². The second-order valence-electron chi connectivity index (χ2n) is 9.52. The van der Waals surface area contributed by atoms with Crippen LogP contribution in [0, 0.1) is 6.92 Å². The van der Waals surface area contributed by atoms with Crippen LogP contribution < -0.4 is 14.8 Å². The molecule has 1 aliphatic rings. The van der Waals surface area contributed by atoms with E-state index in [0.717, 1.165) is 17.3 Å². The Morgan fingerprint density at radius 3 is 2.68 bits per heavy atom. The number of nitrogens with zero attached hydrogens (tertiary/aromatic N) is 3. The van der Waals surface area contributed by atoms with Crippen molar-refractivity contribution in [2.45, 2.75) is 13.5 Å². The average molecular weight is 631 g/mol. The van der Waals surface area contributed by atoms with E-state index in [9.17, 15) is 14.7 Å². The summed E-state index contributed by atoms with van der Waals surface area (Å²) in [6.45, 7) is 1.85. The number of rotatable bonds is 10. The van der Waals surface area contributed by atoms with Gasteiger partial charge in [-0.2, -0.15) is 5.10 Å². The fraction of sp³-hybridized carbons (Fsp3) is 0.125. The number of amidine groups is 1. The fourth-order valence-corrected chi connectivity index (χ4v) is 5.19. The van der Waals surface area contributed by atoms with Crippen molar-refractivity contribution in [1.82, 2.24) is 4.90 Å². The number of phenols is 1. The van der Waals surface area contributed by atoms with Gasteiger partial charge in [-0.1, -0.05) is 29.3 Å². The van der Waals surface area contributed by atoms with Crippen LogP contribution in [0.1, 0.15) is 22.5 Å². The van der Waals surface area contributed by atoms with Gasteiger partial charge in [0.15, 0.2) is 23.3 Å². The molecule has 5 rings (SSSR count). The maximum absolute atomic E-state index is 13.6. The quantitative estimate of drug-likeness (QED) is 0.117. The lowest BCUT2D eigenvalue weighted by Gasteiger charge is -2.13. The smallest absolute Gasteiger partial charge is 0.267 e. The highest BCUT2D eigenvalue weighted by Crippen LogP contribution is 2.36. The number of amides is 2. The second-order valence-corrected chi connectivity index (χ2v) is 11.0. The van der Waals surface area contributed by atoms with E-state index in [1.165, 1.54) is 30.6 Å². The summed E-state index contributed by atoms with van der Waals surface area (Å²) in [5, 5.41) is 21.9. The topological polar surface area (TPSA) is 126 Å². The zero-order valence-corrected chi connectivity index (χ0v) is 25.3. The molecule has 224 valence electrons. The number of anilines is 1. The summed E-state index contributed by atoms with van der Waals surface area (Å²) in [4.78, 5) is 27.9. The molecule has 2 N–H and O–H groups in total. The van der Waals surface area contributed by atoms with Gasteiger partial charge < -0.3 is 24.3 Å². The maximum atomic E-state index is 13.6. The highest BCUT2D eigenvalue weighted by molar-refractivity contribution is 8.18. The number of aryl methyl sites for hydroxylation is 1. The molecule has 1 saturated heterocycles. The largest absolute Gasteiger partial charge is 0.504 e. The third-order valence-corrected chi connectivity index (χ3v) is 7.52. The number of carbonyl (C=O) groups is 2. The molecule has 0 saturated carbocycles. The molecule has 1 aliphatic heterocycles. The molecule has 0 radical (unpaired) electrons. The number of benzene rings is 3. The first-order chi connectivity index (χ1) is 21.3. The zero-order valence-electron chi connectivity index (χ0n) is 23.7. The van der Waals surface area contributed by atoms with E-state index in [2.05, 4.69) is 15.5 Å². The van der Waals surface area contributed by atoms with Crippen LogP contribution in [0.2, 0.25) is 5.02 Å². The second kappa shape index (κ2) is 14.0. The van der Waals surface area contributed by atoms with Crippen LogP contribution in [-0.4, -0.2) is 46.9 Å². The predicted molar refractivity (Wildman–Crippen MR) is 171 cm³/mol. The summed E-state index contributed by atoms with van der Waals surface area (Å²) < 4.78 is 16.4. The lowest BCUT2D eigenvalue weighted by Crippen LogP contribution is -2.28. The lowest BCUT2D eigenvalue weighted by atomic mass is 10.2. The number of aromatic hydroxyl groups is 1. The Bertz CT molecular complexity index is 1750. The number of furan rings is 1. The van der Waals surface area contributed by atoms with E-state index in [4.69, 9.17) is 25.5 Å². The standard InChI is InChI=1S/C32H27ClN4O6S/c1-20-5-9-24(10-6-20)35-30(39)19-43-27-12-8-23(33)15-22(27)16-29-31(40)37(18-25-4-3-13-42-25)32(44-29)36-34-17-21-7-11-26(38)28(14-21)41-2/h3-17,38H,18-19H2,1-2H3,(H,35,39)/b29-16-,34-17+,36-32-. The number of phenolic OH excluding ortho intramolecular Hbond substituents is 1. The maximum Gasteiger partial charge on any atom is 0.267 e. The van der Waals surface area contributed by atoms with Crippen LogP contribution in [0.4, 0.5) is 5.69 Å². The van der Waals surface area contributed by atoms with Crippen molar-refractivity contribution in [3.8, 4) is 17.2 Å². The lowest BCUT2D eigenvalue weighted by molar-refractivity contribution is -0.122. The SMILES string of the molecule is COc1cc(/C=N/N=C2\S/C(=C\c3cc(Cl)ccc3OCC(=O)Nc3ccc(C)cc3)C(=O)N2Cc2ccco2)ccc1O. The Hall–Kier alpha value is -5.00. The van der Waals surface area contributed by atoms with Gasteiger partial charge in [0.05, 0.1) is 31.0 Å². The minimum atomic E-state index is -0.336. The van der Waals surface area contributed by atoms with Crippen LogP contribution in [0.25, 0.3) is 6.08 Å². The molecule has 44 heavy (non-hydrogen) atoms. The van der Waals surface area contributed by atoms with Gasteiger partial charge in [-0.15, -0.1) is 5.10 Å². The number of ether oxygens (including phenoxy) is 2. The van der Waals surface area contributed by atoms with E-state index in [1.807, 2.05) is 31.2 Å². The first kappa shape index (κ1) is 30.5. The summed E-state index contributed by atoms with van der Waals surface area (Å²) in [5.74, 6) is 0.571. The summed E-state index contributed by atoms with van der Waals surface area (Å²) in [6.07, 6.45) is 4.65. The molecular weight excluding hydrogens is 604 g/mol. The molecule has 3 aromatic carbocycles. The van der Waals surface area contributed by atoms with Gasteiger partial charge in [-0.25, -0.2) is 0 Å². The van der Waals surface area contributed by atoms with Crippen LogP contribution >= 0.6 is 23.4 Å². The first-order valence-corrected chi connectivity index (χ1v) is 14.5. The van der Waals surface area contributed by atoms with Crippen molar-refractivity contribution in [2.75, 3.05) is 19.0 Å². The fourth-order valence-electron chi connectivity index (χ4n) is 4.08. The molecule has 1 fully saturated rings. The Morgan fingerprint density at radius 2 is 1.93 bits per heavy atom. The Morgan fingerprint density at radius 1 is 1.11 bits per heavy atom. The van der Waals surface area contributed by atoms with E-state index in [-0.39, 0.29) is 30.7 Å². The number of thioether (sulfide) groups is 1. The molecule has 12 heteroatoms. The predicted octanol–water partition coefficient (Wildman–Crippen LogP) is 6.48. The van der Waals surface area contributed by atoms with Crippen molar-refractivity contribution < 1.29 is 28.6 Å². The third-order valence-electron chi connectivity index (χ3n) is 6.29. The van der Waals surface area contributed by atoms with Gasteiger partial charge in [0.1, 0.15) is 11.5 Å². The minimum absolute atomic E-state index is 0.00331. The molecule has 0 atom stereocenters. The number of hydrogen-bond acceptors (Lipinski definition) is 9. The van der Waals surface area contributed by atoms with Gasteiger partial charge in [0, 0.05) is 16.3 Å². The summed E-state index contributed by atoms with van der Waals surface area (Å²) in [5.41, 5.74) is 2.89. The first-order valence-electron chi connectivity index (χ1n) is 13.3. The van der Waals surface area contributed by atoms with Crippen LogP contribution in [0.5, 0.6) is 17.2 Å². The van der Waals surface area contributed by atoms with Crippen molar-refractivity contribution in [1.29, 1.82) is 0 Å². The molecule has 0 unspecified atom stereocenters. The van der Waals surface area contributed by atoms with Gasteiger partial charge in [-0.05, 0) is 91.0 Å². The minimum Gasteiger partial charge on any atom is -0.504 e. The molecule has 2 amide bonds. The van der Waals surface area contributed by atoms with Crippen molar-refractivity contribution in [3.05, 3.63) is 111 Å². The summed E-state index contributed by atoms with van der Waals surface area (Å²) in [7, 11) is 1.45. The molecule has 0 bridgehead atoms. The van der Waals surface area contributed by atoms with Crippen LogP contribution in [0.3, 0.4) is 0 Å². The van der Waals surface area contributed by atoms with Gasteiger partial charge >= 0.3 is 0 Å². The van der Waals surface area contributed by atoms with Crippen molar-refractivity contribution in [2.24, 2.45) is 10.2 Å². The van der Waals surface area contributed by atoms with E-state index in [0.29, 0.717) is 49.2 Å². The third kappa shape index (κ3) is 7.68. The average Bonchev–Trinajstić information content (AvgIpc) is 3.63. The molecule has 4 aromatic rings. The summed E-state index contributed by atoms with van der Waals surface area (Å²) >= 11 is 7.41. The molecule has 2 heterocycles. The Labute approximate surface area is 262 Å². The molecular formula is C32H27ClN4O6S. The molecule has 0 spiro atoms. The number of methoxy groups -OCH3 is 1. The van der Waals surface area contributed by atoms with Gasteiger partial charge in [0.25, 0.3) is 11.8 Å². The van der Waals surface area contributed by atoms with E-state index >= 15 is 0 Å². The van der Waals surface area contributed by atoms with Crippen LogP contribution in [0.15, 0.2) is 98.6 Å². The van der Waals surface area contributed by atoms with Crippen LogP contribution in [-0.2, 0) is 16.1 Å². The number of hydrogen-bond donors (Lipinski definition) is 2. The number of carbonyl (C=O) groups excluding carboxylic acids is 2. The van der Waals surface area contributed by atoms with Crippen molar-refractivity contribution >= 4 is 58.3 Å². The van der Waals surface area contributed by atoms with Gasteiger partial charge in [0.2, 0.25) is 0 Å². The monoisotopic (exact) mass is 630 g/mol. The molecule has 1 aromatic heterocycles. The Balaban J connectivity index is 1.37. The molecule has 10 nitrogen and oxygen atoms in total. The molecule has 0 aliphatic carbocycles. The summed E-state index contributed by atoms with van der Waals surface area (Å²) in [6, 6.07) is 20.6. The van der Waals surface area contributed by atoms with Gasteiger partial charge in [-0.3, -0.25) is 14.5 Å². The number of halogens is 1. The number of nitrogens with one attached hydrogen (secondary N) is 1.